The van der Waals surface area contributed by atoms with E-state index in [4.69, 9.17) is 6.58 Å². The monoisotopic (exact) mass is 549 g/mol. The summed E-state index contributed by atoms with van der Waals surface area (Å²) in [5, 5.41) is 12.8. The maximum Gasteiger partial charge on any atom is 0.160 e. The fraction of sp³-hybridized carbons (Fsp3) is 0.447. The lowest BCUT2D eigenvalue weighted by molar-refractivity contribution is -0.115. The first-order chi connectivity index (χ1) is 19.1. The molecule has 1 N–H and O–H groups in total. The third-order valence-corrected chi connectivity index (χ3v) is 11.1. The van der Waals surface area contributed by atoms with Crippen molar-refractivity contribution in [2.75, 3.05) is 19.0 Å². The smallest absolute Gasteiger partial charge is 0.160 e. The van der Waals surface area contributed by atoms with E-state index in [9.17, 15) is 9.90 Å². The van der Waals surface area contributed by atoms with E-state index in [0.29, 0.717) is 11.1 Å². The Labute approximate surface area is 247 Å². The first kappa shape index (κ1) is 29.3. The number of allylic oxidation sites excluding steroid dienone is 3. The molecule has 0 heterocycles. The number of aryl methyl sites for hydroxylation is 2. The van der Waals surface area contributed by atoms with Crippen molar-refractivity contribution in [1.82, 2.24) is 0 Å². The molecule has 3 heteroatoms. The number of aliphatic hydroxyl groups is 1. The minimum absolute atomic E-state index is 0.0151. The molecule has 2 aromatic carbocycles. The van der Waals surface area contributed by atoms with Crippen LogP contribution in [0.1, 0.15) is 75.3 Å². The Morgan fingerprint density at radius 2 is 1.73 bits per heavy atom. The van der Waals surface area contributed by atoms with E-state index in [1.165, 1.54) is 44.6 Å². The summed E-state index contributed by atoms with van der Waals surface area (Å²) in [6.45, 7) is 25.9. The molecule has 0 bridgehead atoms. The molecule has 0 saturated heterocycles. The molecule has 0 unspecified atom stereocenters. The van der Waals surface area contributed by atoms with Crippen LogP contribution in [0.4, 0.5) is 5.69 Å². The van der Waals surface area contributed by atoms with Gasteiger partial charge < -0.3 is 10.0 Å². The molecular weight excluding hydrogens is 502 g/mol. The van der Waals surface area contributed by atoms with Gasteiger partial charge in [0, 0.05) is 30.8 Å². The normalized spacial score (nSPS) is 27.5. The summed E-state index contributed by atoms with van der Waals surface area (Å²) in [7, 11) is 4.26. The van der Waals surface area contributed by atoms with Crippen molar-refractivity contribution in [1.29, 1.82) is 0 Å². The molecule has 2 aromatic rings. The van der Waals surface area contributed by atoms with E-state index in [-0.39, 0.29) is 17.6 Å². The van der Waals surface area contributed by atoms with Crippen LogP contribution in [0.5, 0.6) is 0 Å². The van der Waals surface area contributed by atoms with Crippen molar-refractivity contribution in [2.24, 2.45) is 17.3 Å². The number of rotatable bonds is 4. The van der Waals surface area contributed by atoms with E-state index in [0.717, 1.165) is 41.6 Å². The summed E-state index contributed by atoms with van der Waals surface area (Å²) in [6.07, 6.45) is 2.59. The lowest BCUT2D eigenvalue weighted by atomic mass is 9.45. The van der Waals surface area contributed by atoms with Gasteiger partial charge in [0.2, 0.25) is 0 Å². The summed E-state index contributed by atoms with van der Waals surface area (Å²) in [5.74, 6) is 0.309. The molecule has 4 atom stereocenters. The summed E-state index contributed by atoms with van der Waals surface area (Å²) in [5.41, 5.74) is 13.6. The van der Waals surface area contributed by atoms with Crippen LogP contribution < -0.4 is 4.90 Å². The number of anilines is 1. The van der Waals surface area contributed by atoms with Crippen molar-refractivity contribution in [3.63, 3.8) is 0 Å². The number of nitrogens with zero attached hydrogens (tertiary/aromatic N) is 1. The van der Waals surface area contributed by atoms with Crippen LogP contribution in [-0.2, 0) is 11.2 Å². The maximum absolute atomic E-state index is 12.9. The second-order valence-corrected chi connectivity index (χ2v) is 13.4. The number of carbonyl (C=O) groups excluding carboxylic acids is 1. The second kappa shape index (κ2) is 9.70. The summed E-state index contributed by atoms with van der Waals surface area (Å²) in [6, 6.07) is 9.07. The second-order valence-electron chi connectivity index (χ2n) is 13.4. The van der Waals surface area contributed by atoms with Gasteiger partial charge in [-0.3, -0.25) is 4.79 Å². The molecule has 41 heavy (non-hydrogen) atoms. The number of fused-ring (bicyclic) bond motifs is 3. The Morgan fingerprint density at radius 1 is 1.07 bits per heavy atom. The molecule has 3 nitrogen and oxygen atoms in total. The number of benzene rings is 2. The highest BCUT2D eigenvalue weighted by Crippen LogP contribution is 2.65. The topological polar surface area (TPSA) is 40.5 Å². The van der Waals surface area contributed by atoms with Crippen molar-refractivity contribution < 1.29 is 9.90 Å². The summed E-state index contributed by atoms with van der Waals surface area (Å²) in [4.78, 5) is 15.2. The van der Waals surface area contributed by atoms with Crippen LogP contribution in [0.15, 0.2) is 65.3 Å². The Balaban J connectivity index is 1.78. The average Bonchev–Trinajstić information content (AvgIpc) is 2.88. The first-order valence-electron chi connectivity index (χ1n) is 15.1. The van der Waals surface area contributed by atoms with Crippen LogP contribution >= 0.6 is 0 Å². The highest BCUT2D eigenvalue weighted by molar-refractivity contribution is 6.00. The van der Waals surface area contributed by atoms with Crippen molar-refractivity contribution >= 4 is 17.0 Å². The largest absolute Gasteiger partial charge is 0.380 e. The van der Waals surface area contributed by atoms with Gasteiger partial charge in [-0.05, 0) is 140 Å². The Kier molecular flexibility index (Phi) is 6.94. The van der Waals surface area contributed by atoms with E-state index >= 15 is 0 Å². The SMILES string of the molecule is C=C1C2=C(C)[C@]3(O)C(=C)C(C(C)=O)=C(C)[C@@H](CC)[C@]3(C)C[C@@H]2Cc2c(N(C)C)cc(-c3ccc(C)c(C)c3)c(C)c21. The lowest BCUT2D eigenvalue weighted by Gasteiger charge is -2.60. The molecule has 0 amide bonds. The van der Waals surface area contributed by atoms with Gasteiger partial charge in [-0.1, -0.05) is 50.8 Å². The van der Waals surface area contributed by atoms with Gasteiger partial charge in [0.05, 0.1) is 0 Å². The van der Waals surface area contributed by atoms with Gasteiger partial charge in [0.25, 0.3) is 0 Å². The predicted octanol–water partition coefficient (Wildman–Crippen LogP) is 8.49. The Hall–Kier alpha value is -3.17. The van der Waals surface area contributed by atoms with Crippen LogP contribution in [0.2, 0.25) is 0 Å². The zero-order valence-electron chi connectivity index (χ0n) is 26.8. The molecule has 3 aliphatic carbocycles. The first-order valence-corrected chi connectivity index (χ1v) is 15.1. The minimum atomic E-state index is -1.30. The number of Topliss-reactive ketones (excluding diaryl/α,β-unsaturated/α-hetero) is 1. The van der Waals surface area contributed by atoms with Gasteiger partial charge >= 0.3 is 0 Å². The maximum atomic E-state index is 12.9. The third-order valence-electron chi connectivity index (χ3n) is 11.1. The minimum Gasteiger partial charge on any atom is -0.380 e. The third kappa shape index (κ3) is 3.84. The summed E-state index contributed by atoms with van der Waals surface area (Å²) < 4.78 is 0. The highest BCUT2D eigenvalue weighted by atomic mass is 16.3. The molecule has 3 aliphatic rings. The average molecular weight is 550 g/mol. The fourth-order valence-corrected chi connectivity index (χ4v) is 9.05. The van der Waals surface area contributed by atoms with E-state index in [1.807, 2.05) is 0 Å². The number of carbonyl (C=O) groups is 1. The van der Waals surface area contributed by atoms with Gasteiger partial charge in [-0.15, -0.1) is 0 Å². The Morgan fingerprint density at radius 3 is 2.29 bits per heavy atom. The van der Waals surface area contributed by atoms with Crippen molar-refractivity contribution in [2.45, 2.75) is 80.3 Å². The Bertz CT molecular complexity index is 1600. The van der Waals surface area contributed by atoms with Gasteiger partial charge in [-0.25, -0.2) is 0 Å². The van der Waals surface area contributed by atoms with E-state index < -0.39 is 11.0 Å². The van der Waals surface area contributed by atoms with Crippen LogP contribution in [0.3, 0.4) is 0 Å². The molecule has 0 saturated carbocycles. The summed E-state index contributed by atoms with van der Waals surface area (Å²) >= 11 is 0. The number of hydrogen-bond donors (Lipinski definition) is 1. The lowest BCUT2D eigenvalue weighted by Crippen LogP contribution is -2.60. The zero-order chi connectivity index (χ0) is 30.3. The van der Waals surface area contributed by atoms with Crippen molar-refractivity contribution in [3.05, 3.63) is 93.1 Å². The number of ketones is 1. The van der Waals surface area contributed by atoms with Crippen LogP contribution in [0.25, 0.3) is 16.7 Å². The molecule has 0 aliphatic heterocycles. The van der Waals surface area contributed by atoms with Gasteiger partial charge in [0.1, 0.15) is 5.60 Å². The molecule has 0 aromatic heterocycles. The number of hydrogen-bond acceptors (Lipinski definition) is 3. The molecular formula is C38H47NO2. The predicted molar refractivity (Wildman–Crippen MR) is 173 cm³/mol. The van der Waals surface area contributed by atoms with E-state index in [2.05, 4.69) is 98.3 Å². The molecule has 5 rings (SSSR count). The van der Waals surface area contributed by atoms with Crippen molar-refractivity contribution in [3.8, 4) is 11.1 Å². The van der Waals surface area contributed by atoms with E-state index in [1.54, 1.807) is 6.92 Å². The highest BCUT2D eigenvalue weighted by Gasteiger charge is 2.62. The zero-order valence-corrected chi connectivity index (χ0v) is 26.8. The molecule has 0 fully saturated rings. The van der Waals surface area contributed by atoms with Crippen LogP contribution in [0, 0.1) is 38.0 Å². The van der Waals surface area contributed by atoms with Gasteiger partial charge in [-0.2, -0.15) is 0 Å². The quantitative estimate of drug-likeness (QED) is 0.416. The fourth-order valence-electron chi connectivity index (χ4n) is 9.05. The molecule has 0 radical (unpaired) electrons. The standard InChI is InChI=1S/C38H47NO2/c1-13-32-23(5)35(27(9)40)25(7)38(41)26(8)36-24(6)34-22(4)30(28-15-14-20(2)21(3)16-28)18-33(39(11)12)31(34)17-29(36)19-37(32,38)10/h14-16,18,29,32,41H,6-7,13,17,19H2,1-5,8-12H3/t29-,32+,37-,38+/m0/s1. The van der Waals surface area contributed by atoms with Crippen LogP contribution in [-0.4, -0.2) is 30.6 Å². The molecule has 216 valence electrons. The molecule has 0 spiro atoms. The van der Waals surface area contributed by atoms with Gasteiger partial charge in [0.15, 0.2) is 5.78 Å².